The van der Waals surface area contributed by atoms with Crippen molar-refractivity contribution in [3.63, 3.8) is 0 Å². The number of carbonyl (C=O) groups excluding carboxylic acids is 3. The lowest BCUT2D eigenvalue weighted by atomic mass is 9.94. The number of amides is 3. The van der Waals surface area contributed by atoms with Crippen LogP contribution in [0.1, 0.15) is 50.1 Å². The predicted octanol–water partition coefficient (Wildman–Crippen LogP) is 1.55. The number of hydrogen-bond donors (Lipinski definition) is 2. The van der Waals surface area contributed by atoms with Crippen molar-refractivity contribution in [2.75, 3.05) is 13.1 Å². The van der Waals surface area contributed by atoms with E-state index in [0.29, 0.717) is 32.0 Å². The monoisotopic (exact) mass is 361 g/mol. The van der Waals surface area contributed by atoms with Gasteiger partial charge >= 0.3 is 0 Å². The molecule has 1 aliphatic carbocycles. The van der Waals surface area contributed by atoms with E-state index in [1.807, 2.05) is 13.8 Å². The smallest absolute Gasteiger partial charge is 0.287 e. The van der Waals surface area contributed by atoms with Gasteiger partial charge in [0.1, 0.15) is 6.04 Å². The van der Waals surface area contributed by atoms with E-state index in [-0.39, 0.29) is 35.3 Å². The molecular formula is C19H27N3O4. The fraction of sp³-hybridized carbons (Fsp3) is 0.632. The maximum atomic E-state index is 12.9. The SMILES string of the molecule is CC(C)C(NC(=O)c1ccco1)C(=O)N1CCC(C(=O)NC2CC2)CC1. The summed E-state index contributed by atoms with van der Waals surface area (Å²) in [5.74, 6) is -0.237. The zero-order chi connectivity index (χ0) is 18.7. The number of likely N-dealkylation sites (tertiary alicyclic amines) is 1. The molecule has 7 nitrogen and oxygen atoms in total. The first-order valence-corrected chi connectivity index (χ1v) is 9.39. The molecule has 0 radical (unpaired) electrons. The molecule has 1 atom stereocenters. The van der Waals surface area contributed by atoms with Crippen molar-refractivity contribution in [2.24, 2.45) is 11.8 Å². The third-order valence-corrected chi connectivity index (χ3v) is 5.07. The van der Waals surface area contributed by atoms with Crippen molar-refractivity contribution in [2.45, 2.75) is 51.6 Å². The zero-order valence-corrected chi connectivity index (χ0v) is 15.4. The number of hydrogen-bond acceptors (Lipinski definition) is 4. The summed E-state index contributed by atoms with van der Waals surface area (Å²) in [7, 11) is 0. The van der Waals surface area contributed by atoms with Crippen molar-refractivity contribution in [3.05, 3.63) is 24.2 Å². The standard InChI is InChI=1S/C19H27N3O4/c1-12(2)16(21-18(24)15-4-3-11-26-15)19(25)22-9-7-13(8-10-22)17(23)20-14-5-6-14/h3-4,11-14,16H,5-10H2,1-2H3,(H,20,23)(H,21,24). The Balaban J connectivity index is 1.54. The summed E-state index contributed by atoms with van der Waals surface area (Å²) >= 11 is 0. The van der Waals surface area contributed by atoms with Crippen LogP contribution in [0.5, 0.6) is 0 Å². The number of furan rings is 1. The van der Waals surface area contributed by atoms with Crippen molar-refractivity contribution in [1.82, 2.24) is 15.5 Å². The molecule has 7 heteroatoms. The molecule has 1 saturated carbocycles. The second kappa shape index (κ2) is 7.93. The molecule has 0 bridgehead atoms. The first-order valence-electron chi connectivity index (χ1n) is 9.39. The molecule has 2 fully saturated rings. The molecule has 0 spiro atoms. The van der Waals surface area contributed by atoms with Crippen LogP contribution in [0.25, 0.3) is 0 Å². The fourth-order valence-electron chi connectivity index (χ4n) is 3.24. The minimum absolute atomic E-state index is 0.0186. The van der Waals surface area contributed by atoms with Crippen molar-refractivity contribution < 1.29 is 18.8 Å². The highest BCUT2D eigenvalue weighted by Gasteiger charge is 2.34. The van der Waals surface area contributed by atoms with Crippen LogP contribution in [0.4, 0.5) is 0 Å². The number of nitrogens with one attached hydrogen (secondary N) is 2. The summed E-state index contributed by atoms with van der Waals surface area (Å²) in [6, 6.07) is 2.97. The van der Waals surface area contributed by atoms with Crippen molar-refractivity contribution in [1.29, 1.82) is 0 Å². The third kappa shape index (κ3) is 4.45. The van der Waals surface area contributed by atoms with Gasteiger partial charge in [0.15, 0.2) is 5.76 Å². The van der Waals surface area contributed by atoms with Crippen LogP contribution in [0.15, 0.2) is 22.8 Å². The lowest BCUT2D eigenvalue weighted by molar-refractivity contribution is -0.138. The van der Waals surface area contributed by atoms with E-state index < -0.39 is 6.04 Å². The number of nitrogens with zero attached hydrogens (tertiary/aromatic N) is 1. The maximum Gasteiger partial charge on any atom is 0.287 e. The molecule has 142 valence electrons. The van der Waals surface area contributed by atoms with Gasteiger partial charge in [-0.25, -0.2) is 0 Å². The first-order chi connectivity index (χ1) is 12.5. The first kappa shape index (κ1) is 18.5. The second-order valence-electron chi connectivity index (χ2n) is 7.55. The highest BCUT2D eigenvalue weighted by Crippen LogP contribution is 2.23. The quantitative estimate of drug-likeness (QED) is 0.804. The van der Waals surface area contributed by atoms with Gasteiger partial charge in [0, 0.05) is 25.0 Å². The van der Waals surface area contributed by atoms with Gasteiger partial charge in [-0.2, -0.15) is 0 Å². The topological polar surface area (TPSA) is 91.7 Å². The van der Waals surface area contributed by atoms with Crippen molar-refractivity contribution in [3.8, 4) is 0 Å². The van der Waals surface area contributed by atoms with Gasteiger partial charge in [-0.3, -0.25) is 14.4 Å². The minimum Gasteiger partial charge on any atom is -0.459 e. The second-order valence-corrected chi connectivity index (χ2v) is 7.55. The summed E-state index contributed by atoms with van der Waals surface area (Å²) in [6.45, 7) is 4.89. The van der Waals surface area contributed by atoms with Gasteiger partial charge in [-0.05, 0) is 43.7 Å². The molecular weight excluding hydrogens is 334 g/mol. The van der Waals surface area contributed by atoms with E-state index in [2.05, 4.69) is 10.6 Å². The molecule has 3 rings (SSSR count). The van der Waals surface area contributed by atoms with Gasteiger partial charge in [0.25, 0.3) is 5.91 Å². The van der Waals surface area contributed by atoms with Gasteiger partial charge in [0.05, 0.1) is 6.26 Å². The highest BCUT2D eigenvalue weighted by atomic mass is 16.3. The number of carbonyl (C=O) groups is 3. The summed E-state index contributed by atoms with van der Waals surface area (Å²) < 4.78 is 5.10. The molecule has 1 aromatic heterocycles. The van der Waals surface area contributed by atoms with E-state index in [1.165, 1.54) is 6.26 Å². The Labute approximate surface area is 153 Å². The van der Waals surface area contributed by atoms with Gasteiger partial charge in [-0.15, -0.1) is 0 Å². The fourth-order valence-corrected chi connectivity index (χ4v) is 3.24. The lowest BCUT2D eigenvalue weighted by Crippen LogP contribution is -2.53. The highest BCUT2D eigenvalue weighted by molar-refractivity contribution is 5.95. The average molecular weight is 361 g/mol. The lowest BCUT2D eigenvalue weighted by Gasteiger charge is -2.35. The van der Waals surface area contributed by atoms with Gasteiger partial charge in [-0.1, -0.05) is 13.8 Å². The summed E-state index contributed by atoms with van der Waals surface area (Å²) in [5.41, 5.74) is 0. The van der Waals surface area contributed by atoms with Crippen LogP contribution in [0.3, 0.4) is 0 Å². The van der Waals surface area contributed by atoms with E-state index in [1.54, 1.807) is 17.0 Å². The Kier molecular flexibility index (Phi) is 5.64. The van der Waals surface area contributed by atoms with E-state index in [9.17, 15) is 14.4 Å². The Morgan fingerprint density at radius 3 is 2.38 bits per heavy atom. The molecule has 0 aromatic carbocycles. The molecule has 1 aliphatic heterocycles. The Bertz CT molecular complexity index is 644. The number of rotatable bonds is 6. The minimum atomic E-state index is -0.607. The average Bonchev–Trinajstić information content (AvgIpc) is 3.27. The molecule has 2 heterocycles. The summed E-state index contributed by atoms with van der Waals surface area (Å²) in [4.78, 5) is 39.0. The largest absolute Gasteiger partial charge is 0.459 e. The molecule has 1 aromatic rings. The van der Waals surface area contributed by atoms with Gasteiger partial charge < -0.3 is 20.0 Å². The molecule has 26 heavy (non-hydrogen) atoms. The van der Waals surface area contributed by atoms with E-state index in [4.69, 9.17) is 4.42 Å². The molecule has 3 amide bonds. The van der Waals surface area contributed by atoms with Crippen LogP contribution >= 0.6 is 0 Å². The van der Waals surface area contributed by atoms with Crippen LogP contribution in [-0.4, -0.2) is 47.8 Å². The normalized spacial score (nSPS) is 19.3. The third-order valence-electron chi connectivity index (χ3n) is 5.07. The molecule has 1 saturated heterocycles. The number of piperidine rings is 1. The Morgan fingerprint density at radius 1 is 1.15 bits per heavy atom. The Morgan fingerprint density at radius 2 is 1.85 bits per heavy atom. The van der Waals surface area contributed by atoms with E-state index in [0.717, 1.165) is 12.8 Å². The summed E-state index contributed by atoms with van der Waals surface area (Å²) in [6.07, 6.45) is 4.92. The van der Waals surface area contributed by atoms with Crippen molar-refractivity contribution >= 4 is 17.7 Å². The zero-order valence-electron chi connectivity index (χ0n) is 15.4. The predicted molar refractivity (Wildman–Crippen MR) is 95.3 cm³/mol. The molecule has 1 unspecified atom stereocenters. The Hall–Kier alpha value is -2.31. The molecule has 2 aliphatic rings. The van der Waals surface area contributed by atoms with Gasteiger partial charge in [0.2, 0.25) is 11.8 Å². The van der Waals surface area contributed by atoms with Crippen LogP contribution in [0.2, 0.25) is 0 Å². The van der Waals surface area contributed by atoms with Crippen LogP contribution in [0, 0.1) is 11.8 Å². The van der Waals surface area contributed by atoms with Crippen LogP contribution < -0.4 is 10.6 Å². The maximum absolute atomic E-state index is 12.9. The molecule has 2 N–H and O–H groups in total. The summed E-state index contributed by atoms with van der Waals surface area (Å²) in [5, 5.41) is 5.82. The van der Waals surface area contributed by atoms with E-state index >= 15 is 0 Å². The van der Waals surface area contributed by atoms with Crippen LogP contribution in [-0.2, 0) is 9.59 Å².